The number of likely N-dealkylation sites (N-methyl/N-ethyl adjacent to an activating group) is 1. The van der Waals surface area contributed by atoms with E-state index in [2.05, 4.69) is 59.0 Å². The highest BCUT2D eigenvalue weighted by atomic mass is 32.1. The van der Waals surface area contributed by atoms with Crippen molar-refractivity contribution in [3.8, 4) is 16.9 Å². The molecule has 2 aromatic heterocycles. The van der Waals surface area contributed by atoms with Crippen LogP contribution < -0.4 is 10.1 Å². The molecule has 0 atom stereocenters. The van der Waals surface area contributed by atoms with Crippen molar-refractivity contribution < 1.29 is 13.9 Å². The molecule has 154 valence electrons. The van der Waals surface area contributed by atoms with Gasteiger partial charge in [0.05, 0.1) is 12.5 Å². The highest BCUT2D eigenvalue weighted by Crippen LogP contribution is 2.36. The number of rotatable bonds is 8. The normalized spacial score (nSPS) is 11.2. The second kappa shape index (κ2) is 9.15. The van der Waals surface area contributed by atoms with E-state index in [0.717, 1.165) is 29.0 Å². The van der Waals surface area contributed by atoms with Crippen LogP contribution in [0.15, 0.2) is 70.9 Å². The quantitative estimate of drug-likeness (QED) is 0.440. The van der Waals surface area contributed by atoms with Crippen LogP contribution in [0.3, 0.4) is 0 Å². The van der Waals surface area contributed by atoms with Crippen LogP contribution >= 0.6 is 11.3 Å². The van der Waals surface area contributed by atoms with Gasteiger partial charge in [-0.15, -0.1) is 11.3 Å². The number of benzene rings is 2. The lowest BCUT2D eigenvalue weighted by Crippen LogP contribution is -2.25. The first-order chi connectivity index (χ1) is 14.6. The Morgan fingerprint density at radius 1 is 1.17 bits per heavy atom. The smallest absolute Gasteiger partial charge is 0.257 e. The standard InChI is InChI=1S/C24H24N2O3S/c1-25-24(27)15-29-22-8-7-18(21-16-30-23-6-4-3-5-20(21)23)11-19(22)13-26(2)12-17-9-10-28-14-17/h3-11,14,16H,12-13,15H2,1-2H3,(H,25,27). The minimum atomic E-state index is -0.152. The van der Waals surface area contributed by atoms with Crippen molar-refractivity contribution in [1.29, 1.82) is 0 Å². The molecular formula is C24H24N2O3S. The first-order valence-electron chi connectivity index (χ1n) is 9.76. The molecule has 0 aliphatic heterocycles. The first-order valence-corrected chi connectivity index (χ1v) is 10.6. The van der Waals surface area contributed by atoms with Gasteiger partial charge in [0, 0.05) is 46.9 Å². The van der Waals surface area contributed by atoms with Crippen LogP contribution in [0.5, 0.6) is 5.75 Å². The number of thiophene rings is 1. The highest BCUT2D eigenvalue weighted by molar-refractivity contribution is 7.17. The lowest BCUT2D eigenvalue weighted by Gasteiger charge is -2.19. The van der Waals surface area contributed by atoms with E-state index in [0.29, 0.717) is 6.54 Å². The van der Waals surface area contributed by atoms with Gasteiger partial charge in [0.25, 0.3) is 5.91 Å². The Kier molecular flexibility index (Phi) is 6.16. The molecule has 0 bridgehead atoms. The van der Waals surface area contributed by atoms with Gasteiger partial charge in [-0.05, 0) is 42.3 Å². The lowest BCUT2D eigenvalue weighted by molar-refractivity contribution is -0.122. The maximum Gasteiger partial charge on any atom is 0.257 e. The van der Waals surface area contributed by atoms with E-state index in [1.54, 1.807) is 30.9 Å². The summed E-state index contributed by atoms with van der Waals surface area (Å²) in [5, 5.41) is 6.04. The Morgan fingerprint density at radius 2 is 2.03 bits per heavy atom. The van der Waals surface area contributed by atoms with E-state index >= 15 is 0 Å². The van der Waals surface area contributed by atoms with Gasteiger partial charge in [-0.1, -0.05) is 24.3 Å². The van der Waals surface area contributed by atoms with Gasteiger partial charge in [0.15, 0.2) is 6.61 Å². The number of nitrogens with zero attached hydrogens (tertiary/aromatic N) is 1. The molecule has 0 aliphatic carbocycles. The van der Waals surface area contributed by atoms with Crippen molar-refractivity contribution in [1.82, 2.24) is 10.2 Å². The highest BCUT2D eigenvalue weighted by Gasteiger charge is 2.13. The van der Waals surface area contributed by atoms with Gasteiger partial charge < -0.3 is 14.5 Å². The number of hydrogen-bond donors (Lipinski definition) is 1. The molecule has 0 saturated heterocycles. The van der Waals surface area contributed by atoms with Crippen molar-refractivity contribution in [3.05, 3.63) is 77.6 Å². The molecule has 2 aromatic carbocycles. The maximum atomic E-state index is 11.7. The Morgan fingerprint density at radius 3 is 2.83 bits per heavy atom. The SMILES string of the molecule is CNC(=O)COc1ccc(-c2csc3ccccc23)cc1CN(C)Cc1ccoc1. The summed E-state index contributed by atoms with van der Waals surface area (Å²) in [5.41, 5.74) is 4.52. The number of ether oxygens (including phenoxy) is 1. The molecule has 0 radical (unpaired) electrons. The number of carbonyl (C=O) groups excluding carboxylic acids is 1. The zero-order valence-electron chi connectivity index (χ0n) is 17.1. The number of carbonyl (C=O) groups is 1. The van der Waals surface area contributed by atoms with Crippen LogP contribution in [-0.2, 0) is 17.9 Å². The minimum absolute atomic E-state index is 0.00429. The Bertz CT molecular complexity index is 1130. The van der Waals surface area contributed by atoms with Gasteiger partial charge in [-0.25, -0.2) is 0 Å². The predicted molar refractivity (Wildman–Crippen MR) is 121 cm³/mol. The van der Waals surface area contributed by atoms with Gasteiger partial charge in [-0.3, -0.25) is 9.69 Å². The third-order valence-corrected chi connectivity index (χ3v) is 5.93. The molecule has 0 aliphatic rings. The summed E-state index contributed by atoms with van der Waals surface area (Å²) in [6.45, 7) is 1.44. The van der Waals surface area contributed by atoms with E-state index in [4.69, 9.17) is 9.15 Å². The molecule has 0 unspecified atom stereocenters. The molecule has 0 spiro atoms. The van der Waals surface area contributed by atoms with Gasteiger partial charge >= 0.3 is 0 Å². The molecule has 0 fully saturated rings. The average Bonchev–Trinajstić information content (AvgIpc) is 3.42. The largest absolute Gasteiger partial charge is 0.483 e. The molecule has 4 aromatic rings. The summed E-state index contributed by atoms with van der Waals surface area (Å²) in [6.07, 6.45) is 3.44. The average molecular weight is 421 g/mol. The predicted octanol–water partition coefficient (Wildman–Crippen LogP) is 4.92. The van der Waals surface area contributed by atoms with Crippen molar-refractivity contribution >= 4 is 27.3 Å². The number of amides is 1. The van der Waals surface area contributed by atoms with Gasteiger partial charge in [0.2, 0.25) is 0 Å². The second-order valence-corrected chi connectivity index (χ2v) is 8.15. The summed E-state index contributed by atoms with van der Waals surface area (Å²) in [7, 11) is 3.66. The summed E-state index contributed by atoms with van der Waals surface area (Å²) in [5.74, 6) is 0.571. The van der Waals surface area contributed by atoms with E-state index < -0.39 is 0 Å². The third-order valence-electron chi connectivity index (χ3n) is 4.96. The third kappa shape index (κ3) is 4.56. The number of furan rings is 1. The van der Waals surface area contributed by atoms with Crippen LogP contribution in [0, 0.1) is 0 Å². The molecule has 4 rings (SSSR count). The monoisotopic (exact) mass is 420 g/mol. The van der Waals surface area contributed by atoms with E-state index in [-0.39, 0.29) is 12.5 Å². The fourth-order valence-electron chi connectivity index (χ4n) is 3.47. The van der Waals surface area contributed by atoms with E-state index in [1.165, 1.54) is 15.6 Å². The Labute approximate surface area is 179 Å². The summed E-state index contributed by atoms with van der Waals surface area (Å²) in [4.78, 5) is 13.9. The van der Waals surface area contributed by atoms with Crippen molar-refractivity contribution in [2.45, 2.75) is 13.1 Å². The number of nitrogens with one attached hydrogen (secondary N) is 1. The summed E-state index contributed by atoms with van der Waals surface area (Å²) in [6, 6.07) is 16.6. The molecule has 0 saturated carbocycles. The van der Waals surface area contributed by atoms with Crippen LogP contribution in [-0.4, -0.2) is 31.5 Å². The van der Waals surface area contributed by atoms with Crippen LogP contribution in [0.2, 0.25) is 0 Å². The van der Waals surface area contributed by atoms with E-state index in [9.17, 15) is 4.79 Å². The van der Waals surface area contributed by atoms with Gasteiger partial charge in [0.1, 0.15) is 5.75 Å². The zero-order valence-corrected chi connectivity index (χ0v) is 17.9. The van der Waals surface area contributed by atoms with E-state index in [1.807, 2.05) is 12.1 Å². The number of fused-ring (bicyclic) bond motifs is 1. The van der Waals surface area contributed by atoms with Crippen LogP contribution in [0.4, 0.5) is 0 Å². The van der Waals surface area contributed by atoms with Crippen LogP contribution in [0.25, 0.3) is 21.2 Å². The molecule has 1 N–H and O–H groups in total. The minimum Gasteiger partial charge on any atom is -0.483 e. The fourth-order valence-corrected chi connectivity index (χ4v) is 4.44. The summed E-state index contributed by atoms with van der Waals surface area (Å²) >= 11 is 1.75. The van der Waals surface area contributed by atoms with Crippen molar-refractivity contribution in [2.75, 3.05) is 20.7 Å². The lowest BCUT2D eigenvalue weighted by atomic mass is 10.0. The molecular weight excluding hydrogens is 396 g/mol. The molecule has 2 heterocycles. The number of hydrogen-bond acceptors (Lipinski definition) is 5. The fraction of sp³-hybridized carbons (Fsp3) is 0.208. The van der Waals surface area contributed by atoms with Gasteiger partial charge in [-0.2, -0.15) is 0 Å². The maximum absolute atomic E-state index is 11.7. The zero-order chi connectivity index (χ0) is 20.9. The van der Waals surface area contributed by atoms with Crippen molar-refractivity contribution in [2.24, 2.45) is 0 Å². The second-order valence-electron chi connectivity index (χ2n) is 7.23. The summed E-state index contributed by atoms with van der Waals surface area (Å²) < 4.78 is 12.3. The molecule has 6 heteroatoms. The van der Waals surface area contributed by atoms with Crippen molar-refractivity contribution in [3.63, 3.8) is 0 Å². The molecule has 5 nitrogen and oxygen atoms in total. The Hall–Kier alpha value is -3.09. The Balaban J connectivity index is 1.64. The topological polar surface area (TPSA) is 54.7 Å². The van der Waals surface area contributed by atoms with Crippen LogP contribution in [0.1, 0.15) is 11.1 Å². The first kappa shape index (κ1) is 20.2. The molecule has 30 heavy (non-hydrogen) atoms. The molecule has 1 amide bonds.